The first-order chi connectivity index (χ1) is 19.1. The Labute approximate surface area is 232 Å². The van der Waals surface area contributed by atoms with Gasteiger partial charge in [0.05, 0.1) is 13.4 Å². The number of piperidine rings is 1. The molecule has 0 bridgehead atoms. The third-order valence-corrected chi connectivity index (χ3v) is 6.64. The topological polar surface area (TPSA) is 98.5 Å². The van der Waals surface area contributed by atoms with E-state index in [2.05, 4.69) is 49.4 Å². The first-order valence-corrected chi connectivity index (χ1v) is 13.2. The number of alkyl halides is 1. The van der Waals surface area contributed by atoms with Crippen molar-refractivity contribution in [3.63, 3.8) is 0 Å². The van der Waals surface area contributed by atoms with Gasteiger partial charge in [0.15, 0.2) is 0 Å². The fourth-order valence-corrected chi connectivity index (χ4v) is 4.40. The molecule has 3 heterocycles. The van der Waals surface area contributed by atoms with Crippen LogP contribution in [0, 0.1) is 5.82 Å². The van der Waals surface area contributed by atoms with E-state index in [0.29, 0.717) is 30.7 Å². The number of aliphatic hydroxyl groups is 1. The van der Waals surface area contributed by atoms with Gasteiger partial charge in [0.1, 0.15) is 24.0 Å². The van der Waals surface area contributed by atoms with Crippen molar-refractivity contribution in [3.8, 4) is 0 Å². The molecule has 0 aliphatic carbocycles. The van der Waals surface area contributed by atoms with Gasteiger partial charge in [0.2, 0.25) is 5.95 Å². The molecule has 39 heavy (non-hydrogen) atoms. The van der Waals surface area contributed by atoms with Gasteiger partial charge in [-0.25, -0.2) is 9.37 Å². The van der Waals surface area contributed by atoms with E-state index in [1.807, 2.05) is 12.1 Å². The molecule has 1 aliphatic rings. The summed E-state index contributed by atoms with van der Waals surface area (Å²) in [6.45, 7) is 2.29. The summed E-state index contributed by atoms with van der Waals surface area (Å²) >= 11 is 1.68. The summed E-state index contributed by atoms with van der Waals surface area (Å²) in [6, 6.07) is 20.1. The molecule has 8 nitrogen and oxygen atoms in total. The van der Waals surface area contributed by atoms with Gasteiger partial charge in [0.25, 0.3) is 0 Å². The Bertz CT molecular complexity index is 1210. The van der Waals surface area contributed by atoms with Crippen LogP contribution in [0.1, 0.15) is 18.6 Å². The van der Waals surface area contributed by atoms with E-state index >= 15 is 0 Å². The van der Waals surface area contributed by atoms with Crippen LogP contribution in [0.15, 0.2) is 88.5 Å². The zero-order valence-electron chi connectivity index (χ0n) is 22.0. The van der Waals surface area contributed by atoms with E-state index in [4.69, 9.17) is 9.52 Å². The van der Waals surface area contributed by atoms with Gasteiger partial charge >= 0.3 is 0 Å². The van der Waals surface area contributed by atoms with Crippen LogP contribution in [0.2, 0.25) is 0 Å². The lowest BCUT2D eigenvalue weighted by Crippen LogP contribution is -2.38. The Morgan fingerprint density at radius 2 is 1.64 bits per heavy atom. The second kappa shape index (κ2) is 16.5. The van der Waals surface area contributed by atoms with E-state index in [1.165, 1.54) is 36.1 Å². The summed E-state index contributed by atoms with van der Waals surface area (Å²) in [6.07, 6.45) is 5.58. The highest BCUT2D eigenvalue weighted by Crippen LogP contribution is 2.22. The highest BCUT2D eigenvalue weighted by Gasteiger charge is 2.16. The highest BCUT2D eigenvalue weighted by molar-refractivity contribution is 7.97. The van der Waals surface area contributed by atoms with Crippen LogP contribution in [-0.2, 0) is 6.61 Å². The molecule has 2 aromatic heterocycles. The van der Waals surface area contributed by atoms with Crippen molar-refractivity contribution >= 4 is 35.1 Å². The second-order valence-electron chi connectivity index (χ2n) is 8.58. The average molecular weight is 557 g/mol. The summed E-state index contributed by atoms with van der Waals surface area (Å²) in [5.74, 6) is 1.47. The number of furan rings is 1. The minimum absolute atomic E-state index is 0.00694. The van der Waals surface area contributed by atoms with E-state index in [-0.39, 0.29) is 12.4 Å². The molecule has 11 heteroatoms. The fraction of sp³-hybridized carbons (Fsp3) is 0.286. The Hall–Kier alpha value is -3.51. The number of halogens is 2. The first-order valence-electron chi connectivity index (χ1n) is 12.4. The van der Waals surface area contributed by atoms with Gasteiger partial charge in [0, 0.05) is 28.5 Å². The van der Waals surface area contributed by atoms with Crippen molar-refractivity contribution in [2.24, 2.45) is 0 Å². The molecule has 0 saturated carbocycles. The van der Waals surface area contributed by atoms with Crippen LogP contribution in [0.3, 0.4) is 0 Å². The van der Waals surface area contributed by atoms with Gasteiger partial charge in [-0.3, -0.25) is 9.11 Å². The van der Waals surface area contributed by atoms with Crippen molar-refractivity contribution in [3.05, 3.63) is 90.8 Å². The van der Waals surface area contributed by atoms with Crippen molar-refractivity contribution in [2.45, 2.75) is 30.4 Å². The van der Waals surface area contributed by atoms with Gasteiger partial charge in [-0.2, -0.15) is 4.98 Å². The molecule has 2 aromatic carbocycles. The van der Waals surface area contributed by atoms with E-state index < -0.39 is 0 Å². The van der Waals surface area contributed by atoms with Crippen LogP contribution in [0.4, 0.5) is 31.9 Å². The number of anilines is 4. The molecule has 1 fully saturated rings. The Morgan fingerprint density at radius 3 is 2.26 bits per heavy atom. The number of nitrogens with zero attached hydrogens (tertiary/aromatic N) is 3. The smallest absolute Gasteiger partial charge is 0.229 e. The summed E-state index contributed by atoms with van der Waals surface area (Å²) in [5.41, 5.74) is 1.68. The molecule has 0 radical (unpaired) electrons. The zero-order chi connectivity index (χ0) is 27.9. The quantitative estimate of drug-likeness (QED) is 0.190. The van der Waals surface area contributed by atoms with Crippen molar-refractivity contribution in [2.75, 3.05) is 37.9 Å². The number of likely N-dealkylation sites (tertiary alicyclic amines) is 1. The van der Waals surface area contributed by atoms with Gasteiger partial charge in [-0.05, 0) is 112 Å². The molecule has 0 atom stereocenters. The number of hydrogen-bond acceptors (Lipinski definition) is 9. The maximum Gasteiger partial charge on any atom is 0.229 e. The Morgan fingerprint density at radius 1 is 0.974 bits per heavy atom. The number of hydrogen-bond donors (Lipinski definition) is 4. The van der Waals surface area contributed by atoms with Crippen LogP contribution in [0.5, 0.6) is 0 Å². The van der Waals surface area contributed by atoms with Crippen LogP contribution < -0.4 is 15.4 Å². The Balaban J connectivity index is 0.000000401. The summed E-state index contributed by atoms with van der Waals surface area (Å²) in [7, 11) is 2.67. The lowest BCUT2D eigenvalue weighted by Gasteiger charge is -2.29. The Kier molecular flexibility index (Phi) is 12.7. The van der Waals surface area contributed by atoms with E-state index in [1.54, 1.807) is 48.5 Å². The molecular weight excluding hydrogens is 522 g/mol. The second-order valence-corrected chi connectivity index (χ2v) is 9.49. The molecule has 0 amide bonds. The molecule has 208 valence electrons. The lowest BCUT2D eigenvalue weighted by molar-refractivity contribution is 0.247. The molecule has 1 aliphatic heterocycles. The van der Waals surface area contributed by atoms with Crippen molar-refractivity contribution in [1.82, 2.24) is 19.6 Å². The van der Waals surface area contributed by atoms with Gasteiger partial charge < -0.3 is 25.1 Å². The number of benzene rings is 2. The van der Waals surface area contributed by atoms with Crippen LogP contribution in [-0.4, -0.2) is 53.3 Å². The van der Waals surface area contributed by atoms with Gasteiger partial charge in [-0.1, -0.05) is 0 Å². The molecule has 4 aromatic rings. The normalized spacial score (nSPS) is 13.5. The van der Waals surface area contributed by atoms with Gasteiger partial charge in [-0.15, -0.1) is 0 Å². The molecule has 0 spiro atoms. The van der Waals surface area contributed by atoms with E-state index in [9.17, 15) is 8.78 Å². The monoisotopic (exact) mass is 556 g/mol. The number of nitrogens with one attached hydrogen (secondary N) is 3. The molecule has 4 N–H and O–H groups in total. The number of aliphatic hydroxyl groups excluding tert-OH is 1. The molecule has 1 saturated heterocycles. The maximum atomic E-state index is 13.0. The number of rotatable bonds is 8. The standard InChI is InChI=1S/C22H25FN6S.C5H6O2.CH3F/c1-29-14-11-19(12-15-29)28-30-20-8-6-18(7-9-20)26-22-24-13-10-21(27-22)25-17-4-2-16(23)3-5-17;6-4-5-2-1-3-7-5;1-2/h2-10,13,19,28H,11-12,14-15H2,1H3,(H2,24,25,26,27);1-3,6H,4H2;1H3. The summed E-state index contributed by atoms with van der Waals surface area (Å²) in [5, 5.41) is 14.7. The molecule has 5 rings (SSSR count). The molecule has 0 unspecified atom stereocenters. The zero-order valence-corrected chi connectivity index (χ0v) is 22.8. The minimum Gasteiger partial charge on any atom is -0.467 e. The van der Waals surface area contributed by atoms with Crippen LogP contribution in [0.25, 0.3) is 0 Å². The van der Waals surface area contributed by atoms with E-state index in [0.717, 1.165) is 24.5 Å². The fourth-order valence-electron chi connectivity index (χ4n) is 3.59. The lowest BCUT2D eigenvalue weighted by atomic mass is 10.1. The average Bonchev–Trinajstić information content (AvgIpc) is 3.51. The summed E-state index contributed by atoms with van der Waals surface area (Å²) in [4.78, 5) is 12.3. The summed E-state index contributed by atoms with van der Waals surface area (Å²) < 4.78 is 30.9. The first kappa shape index (κ1) is 30.0. The maximum absolute atomic E-state index is 13.0. The predicted molar refractivity (Wildman–Crippen MR) is 153 cm³/mol. The van der Waals surface area contributed by atoms with Crippen molar-refractivity contribution < 1.29 is 18.3 Å². The van der Waals surface area contributed by atoms with Crippen LogP contribution >= 0.6 is 11.9 Å². The SMILES string of the molecule is CF.CN1CCC(NSc2ccc(Nc3nccc(Nc4ccc(F)cc4)n3)cc2)CC1.OCc1ccco1. The largest absolute Gasteiger partial charge is 0.467 e. The predicted octanol–water partition coefficient (Wildman–Crippen LogP) is 6.15. The minimum atomic E-state index is -0.270. The number of aromatic nitrogens is 2. The highest BCUT2D eigenvalue weighted by atomic mass is 32.2. The molecular formula is C28H34F2N6O2S. The third kappa shape index (κ3) is 10.6. The van der Waals surface area contributed by atoms with Crippen molar-refractivity contribution in [1.29, 1.82) is 0 Å². The third-order valence-electron chi connectivity index (χ3n) is 5.68.